The summed E-state index contributed by atoms with van der Waals surface area (Å²) in [5, 5.41) is 5.65. The van der Waals surface area contributed by atoms with Crippen LogP contribution in [0.25, 0.3) is 0 Å². The fourth-order valence-electron chi connectivity index (χ4n) is 1.59. The van der Waals surface area contributed by atoms with Crippen LogP contribution in [0, 0.1) is 0 Å². The van der Waals surface area contributed by atoms with Crippen LogP contribution in [0.1, 0.15) is 32.6 Å². The molecule has 0 bridgehead atoms. The molecule has 2 N–H and O–H groups in total. The van der Waals surface area contributed by atoms with E-state index in [4.69, 9.17) is 0 Å². The van der Waals surface area contributed by atoms with Gasteiger partial charge in [0.05, 0.1) is 0 Å². The van der Waals surface area contributed by atoms with E-state index in [9.17, 15) is 9.00 Å². The molecule has 15 heavy (non-hydrogen) atoms. The highest BCUT2D eigenvalue weighted by Gasteiger charge is 2.22. The summed E-state index contributed by atoms with van der Waals surface area (Å²) in [6.45, 7) is 2.86. The van der Waals surface area contributed by atoms with Crippen LogP contribution in [0.2, 0.25) is 0 Å². The van der Waals surface area contributed by atoms with Gasteiger partial charge >= 0.3 is 6.03 Å². The van der Waals surface area contributed by atoms with Crippen molar-refractivity contribution >= 4 is 16.8 Å². The summed E-state index contributed by atoms with van der Waals surface area (Å²) in [5.74, 6) is 1.34. The predicted octanol–water partition coefficient (Wildman–Crippen LogP) is 0.997. The Balaban J connectivity index is 2.05. The number of unbranched alkanes of at least 4 members (excludes halogenated alkanes) is 2. The molecule has 2 amide bonds. The molecule has 1 fully saturated rings. The normalized spacial score (nSPS) is 25.1. The Morgan fingerprint density at radius 2 is 2.27 bits per heavy atom. The van der Waals surface area contributed by atoms with Gasteiger partial charge in [-0.2, -0.15) is 0 Å². The average Bonchev–Trinajstić information content (AvgIpc) is 2.59. The first-order valence-electron chi connectivity index (χ1n) is 5.61. The standard InChI is InChI=1S/C10H20N2O2S/c1-2-3-4-6-11-10(13)12-9-5-7-15(14)8-9/h9H,2-8H2,1H3,(H2,11,12,13)/t9-,15+/m0/s1. The minimum absolute atomic E-state index is 0.108. The van der Waals surface area contributed by atoms with Crippen LogP contribution in [0.4, 0.5) is 4.79 Å². The van der Waals surface area contributed by atoms with Gasteiger partial charge in [-0.15, -0.1) is 0 Å². The molecule has 1 heterocycles. The van der Waals surface area contributed by atoms with E-state index >= 15 is 0 Å². The Kier molecular flexibility index (Phi) is 5.68. The SMILES string of the molecule is CCCCCNC(=O)N[C@H]1CC[S@@](=O)C1. The van der Waals surface area contributed by atoms with Crippen molar-refractivity contribution in [3.63, 3.8) is 0 Å². The zero-order valence-corrected chi connectivity index (χ0v) is 10.1. The van der Waals surface area contributed by atoms with E-state index in [1.807, 2.05) is 0 Å². The molecule has 5 heteroatoms. The van der Waals surface area contributed by atoms with Gasteiger partial charge in [0.2, 0.25) is 0 Å². The van der Waals surface area contributed by atoms with Gasteiger partial charge in [-0.25, -0.2) is 4.79 Å². The van der Waals surface area contributed by atoms with E-state index in [-0.39, 0.29) is 12.1 Å². The third-order valence-electron chi connectivity index (χ3n) is 2.48. The van der Waals surface area contributed by atoms with Crippen molar-refractivity contribution in [3.05, 3.63) is 0 Å². The number of nitrogens with one attached hydrogen (secondary N) is 2. The Labute approximate surface area is 93.7 Å². The first kappa shape index (κ1) is 12.5. The van der Waals surface area contributed by atoms with Gasteiger partial charge < -0.3 is 10.6 Å². The maximum absolute atomic E-state index is 11.3. The number of urea groups is 1. The van der Waals surface area contributed by atoms with Gasteiger partial charge in [0.1, 0.15) is 0 Å². The van der Waals surface area contributed by atoms with Gasteiger partial charge in [-0.05, 0) is 12.8 Å². The quantitative estimate of drug-likeness (QED) is 0.695. The van der Waals surface area contributed by atoms with E-state index in [0.717, 1.165) is 38.0 Å². The number of hydrogen-bond acceptors (Lipinski definition) is 2. The lowest BCUT2D eigenvalue weighted by Gasteiger charge is -2.11. The maximum atomic E-state index is 11.3. The number of carbonyl (C=O) groups excluding carboxylic acids is 1. The highest BCUT2D eigenvalue weighted by molar-refractivity contribution is 7.85. The lowest BCUT2D eigenvalue weighted by Crippen LogP contribution is -2.42. The van der Waals surface area contributed by atoms with Gasteiger partial charge in [-0.1, -0.05) is 19.8 Å². The third kappa shape index (κ3) is 5.16. The van der Waals surface area contributed by atoms with Crippen molar-refractivity contribution in [2.24, 2.45) is 0 Å². The number of rotatable bonds is 5. The highest BCUT2D eigenvalue weighted by atomic mass is 32.2. The minimum atomic E-state index is -0.721. The Morgan fingerprint density at radius 3 is 2.87 bits per heavy atom. The summed E-state index contributed by atoms with van der Waals surface area (Å²) in [4.78, 5) is 11.3. The van der Waals surface area contributed by atoms with Crippen LogP contribution < -0.4 is 10.6 Å². The fourth-order valence-corrected chi connectivity index (χ4v) is 3.00. The molecule has 1 saturated heterocycles. The molecule has 0 aromatic carbocycles. The summed E-state index contributed by atoms with van der Waals surface area (Å²) in [6, 6.07) is -0.00740. The highest BCUT2D eigenvalue weighted by Crippen LogP contribution is 2.06. The first-order chi connectivity index (χ1) is 7.22. The lowest BCUT2D eigenvalue weighted by atomic mass is 10.2. The zero-order valence-electron chi connectivity index (χ0n) is 9.25. The molecule has 0 spiro atoms. The van der Waals surface area contributed by atoms with Crippen LogP contribution in [0.3, 0.4) is 0 Å². The Morgan fingerprint density at radius 1 is 1.47 bits per heavy atom. The van der Waals surface area contributed by atoms with Gasteiger partial charge in [0.25, 0.3) is 0 Å². The molecule has 0 unspecified atom stereocenters. The molecule has 0 radical (unpaired) electrons. The van der Waals surface area contributed by atoms with E-state index in [2.05, 4.69) is 17.6 Å². The molecule has 1 rings (SSSR count). The summed E-state index contributed by atoms with van der Waals surface area (Å²) >= 11 is 0. The predicted molar refractivity (Wildman–Crippen MR) is 62.3 cm³/mol. The van der Waals surface area contributed by atoms with Crippen molar-refractivity contribution in [1.82, 2.24) is 10.6 Å². The van der Waals surface area contributed by atoms with Gasteiger partial charge in [-0.3, -0.25) is 4.21 Å². The molecule has 0 aromatic heterocycles. The lowest BCUT2D eigenvalue weighted by molar-refractivity contribution is 0.238. The Bertz CT molecular complexity index is 233. The molecular formula is C10H20N2O2S. The fraction of sp³-hybridized carbons (Fsp3) is 0.900. The van der Waals surface area contributed by atoms with E-state index in [0.29, 0.717) is 5.75 Å². The van der Waals surface area contributed by atoms with Crippen LogP contribution in [-0.2, 0) is 10.8 Å². The summed E-state index contributed by atoms with van der Waals surface area (Å²) in [5.41, 5.74) is 0. The van der Waals surface area contributed by atoms with Gasteiger partial charge in [0.15, 0.2) is 0 Å². The third-order valence-corrected chi connectivity index (χ3v) is 3.95. The number of carbonyl (C=O) groups is 1. The van der Waals surface area contributed by atoms with E-state index < -0.39 is 10.8 Å². The molecule has 1 aliphatic heterocycles. The number of amides is 2. The smallest absolute Gasteiger partial charge is 0.315 e. The van der Waals surface area contributed by atoms with Crippen LogP contribution in [0.15, 0.2) is 0 Å². The molecule has 88 valence electrons. The summed E-state index contributed by atoms with van der Waals surface area (Å²) < 4.78 is 11.1. The van der Waals surface area contributed by atoms with Crippen molar-refractivity contribution in [2.45, 2.75) is 38.6 Å². The molecule has 0 aliphatic carbocycles. The zero-order chi connectivity index (χ0) is 11.1. The van der Waals surface area contributed by atoms with E-state index in [1.54, 1.807) is 0 Å². The monoisotopic (exact) mass is 232 g/mol. The maximum Gasteiger partial charge on any atom is 0.315 e. The second-order valence-electron chi connectivity index (χ2n) is 3.90. The number of hydrogen-bond donors (Lipinski definition) is 2. The molecule has 4 nitrogen and oxygen atoms in total. The second-order valence-corrected chi connectivity index (χ2v) is 5.52. The molecule has 0 saturated carbocycles. The minimum Gasteiger partial charge on any atom is -0.338 e. The van der Waals surface area contributed by atoms with Crippen molar-refractivity contribution in [1.29, 1.82) is 0 Å². The average molecular weight is 232 g/mol. The van der Waals surface area contributed by atoms with Crippen LogP contribution in [0.5, 0.6) is 0 Å². The van der Waals surface area contributed by atoms with Gasteiger partial charge in [0, 0.05) is 34.9 Å². The van der Waals surface area contributed by atoms with E-state index in [1.165, 1.54) is 0 Å². The second kappa shape index (κ2) is 6.82. The molecule has 0 aromatic rings. The first-order valence-corrected chi connectivity index (χ1v) is 7.10. The topological polar surface area (TPSA) is 58.2 Å². The van der Waals surface area contributed by atoms with Crippen LogP contribution >= 0.6 is 0 Å². The Hall–Kier alpha value is -0.580. The van der Waals surface area contributed by atoms with Crippen molar-refractivity contribution < 1.29 is 9.00 Å². The van der Waals surface area contributed by atoms with Crippen molar-refractivity contribution in [3.8, 4) is 0 Å². The summed E-state index contributed by atoms with van der Waals surface area (Å²) in [6.07, 6.45) is 4.17. The van der Waals surface area contributed by atoms with Crippen molar-refractivity contribution in [2.75, 3.05) is 18.1 Å². The largest absolute Gasteiger partial charge is 0.338 e. The summed E-state index contributed by atoms with van der Waals surface area (Å²) in [7, 11) is -0.721. The van der Waals surface area contributed by atoms with Crippen LogP contribution in [-0.4, -0.2) is 34.3 Å². The molecular weight excluding hydrogens is 212 g/mol. The molecule has 2 atom stereocenters. The molecule has 1 aliphatic rings.